The van der Waals surface area contributed by atoms with Crippen molar-refractivity contribution < 1.29 is 4.52 Å². The van der Waals surface area contributed by atoms with Gasteiger partial charge in [-0.05, 0) is 43.7 Å². The third kappa shape index (κ3) is 2.66. The summed E-state index contributed by atoms with van der Waals surface area (Å²) in [6.07, 6.45) is 7.82. The van der Waals surface area contributed by atoms with Crippen molar-refractivity contribution in [2.45, 2.75) is 44.9 Å². The second kappa shape index (κ2) is 5.61. The van der Waals surface area contributed by atoms with Gasteiger partial charge in [0.05, 0.1) is 5.56 Å². The quantitative estimate of drug-likeness (QED) is 0.926. The van der Waals surface area contributed by atoms with E-state index in [1.807, 2.05) is 6.07 Å². The fourth-order valence-corrected chi connectivity index (χ4v) is 2.88. The van der Waals surface area contributed by atoms with Crippen LogP contribution >= 0.6 is 0 Å². The van der Waals surface area contributed by atoms with Gasteiger partial charge in [-0.3, -0.25) is 0 Å². The molecule has 0 saturated heterocycles. The molecule has 106 valence electrons. The molecule has 1 fully saturated rings. The van der Waals surface area contributed by atoms with Crippen LogP contribution in [0.5, 0.6) is 0 Å². The maximum absolute atomic E-state index is 5.58. The van der Waals surface area contributed by atoms with Crippen LogP contribution in [0.3, 0.4) is 0 Å². The van der Waals surface area contributed by atoms with Gasteiger partial charge >= 0.3 is 0 Å². The predicted molar refractivity (Wildman–Crippen MR) is 76.9 cm³/mol. The maximum atomic E-state index is 5.58. The highest BCUT2D eigenvalue weighted by molar-refractivity contribution is 5.53. The summed E-state index contributed by atoms with van der Waals surface area (Å²) in [6.45, 7) is 2.27. The number of hydrogen-bond acceptors (Lipinski definition) is 5. The standard InChI is InChI=1S/C15H20N4O/c1-2-10-3-5-11(6-4-10)14-18-15(20-19-14)12-7-8-13(16)17-9-12/h7-11H,2-6H2,1H3,(H2,16,17). The zero-order chi connectivity index (χ0) is 13.9. The Bertz CT molecular complexity index is 556. The Kier molecular flexibility index (Phi) is 3.67. The van der Waals surface area contributed by atoms with Crippen molar-refractivity contribution in [2.75, 3.05) is 5.73 Å². The smallest absolute Gasteiger partial charge is 0.259 e. The summed E-state index contributed by atoms with van der Waals surface area (Å²) < 4.78 is 5.36. The van der Waals surface area contributed by atoms with Crippen molar-refractivity contribution in [1.29, 1.82) is 0 Å². The lowest BCUT2D eigenvalue weighted by molar-refractivity contribution is 0.305. The molecule has 20 heavy (non-hydrogen) atoms. The van der Waals surface area contributed by atoms with E-state index < -0.39 is 0 Å². The molecule has 1 aliphatic rings. The minimum Gasteiger partial charge on any atom is -0.384 e. The fourth-order valence-electron chi connectivity index (χ4n) is 2.88. The van der Waals surface area contributed by atoms with Crippen molar-refractivity contribution in [3.63, 3.8) is 0 Å². The molecule has 2 aromatic heterocycles. The van der Waals surface area contributed by atoms with E-state index in [4.69, 9.17) is 10.3 Å². The molecule has 0 atom stereocenters. The lowest BCUT2D eigenvalue weighted by atomic mass is 9.80. The first kappa shape index (κ1) is 13.1. The van der Waals surface area contributed by atoms with Crippen LogP contribution in [0.25, 0.3) is 11.5 Å². The number of rotatable bonds is 3. The van der Waals surface area contributed by atoms with Gasteiger partial charge in [-0.25, -0.2) is 4.98 Å². The van der Waals surface area contributed by atoms with Crippen LogP contribution in [0.15, 0.2) is 22.9 Å². The normalized spacial score (nSPS) is 22.9. The minimum atomic E-state index is 0.442. The number of nitrogens with zero attached hydrogens (tertiary/aromatic N) is 3. The minimum absolute atomic E-state index is 0.442. The highest BCUT2D eigenvalue weighted by Crippen LogP contribution is 2.36. The molecule has 0 aliphatic heterocycles. The number of aromatic nitrogens is 3. The summed E-state index contributed by atoms with van der Waals surface area (Å²) in [5.74, 6) is 3.18. The Morgan fingerprint density at radius 2 is 2.05 bits per heavy atom. The predicted octanol–water partition coefficient (Wildman–Crippen LogP) is 3.40. The van der Waals surface area contributed by atoms with E-state index in [0.29, 0.717) is 17.6 Å². The van der Waals surface area contributed by atoms with Crippen molar-refractivity contribution in [1.82, 2.24) is 15.1 Å². The summed E-state index contributed by atoms with van der Waals surface area (Å²) in [7, 11) is 0. The first-order chi connectivity index (χ1) is 9.76. The van der Waals surface area contributed by atoms with Crippen LogP contribution in [0.1, 0.15) is 50.8 Å². The first-order valence-electron chi connectivity index (χ1n) is 7.31. The maximum Gasteiger partial charge on any atom is 0.259 e. The van der Waals surface area contributed by atoms with Crippen molar-refractivity contribution in [2.24, 2.45) is 5.92 Å². The number of nitrogens with two attached hydrogens (primary N) is 1. The number of nitrogen functional groups attached to an aromatic ring is 1. The highest BCUT2D eigenvalue weighted by Gasteiger charge is 2.25. The second-order valence-corrected chi connectivity index (χ2v) is 5.56. The average molecular weight is 272 g/mol. The highest BCUT2D eigenvalue weighted by atomic mass is 16.5. The van der Waals surface area contributed by atoms with Gasteiger partial charge < -0.3 is 10.3 Å². The van der Waals surface area contributed by atoms with Crippen LogP contribution in [-0.4, -0.2) is 15.1 Å². The molecule has 0 bridgehead atoms. The van der Waals surface area contributed by atoms with Crippen LogP contribution in [0.2, 0.25) is 0 Å². The third-order valence-electron chi connectivity index (χ3n) is 4.26. The zero-order valence-electron chi connectivity index (χ0n) is 11.7. The van der Waals surface area contributed by atoms with Gasteiger partial charge in [0.15, 0.2) is 5.82 Å². The molecule has 5 heteroatoms. The van der Waals surface area contributed by atoms with Gasteiger partial charge in [0.25, 0.3) is 5.89 Å². The van der Waals surface area contributed by atoms with Crippen molar-refractivity contribution in [3.8, 4) is 11.5 Å². The monoisotopic (exact) mass is 272 g/mol. The summed E-state index contributed by atoms with van der Waals surface area (Å²) >= 11 is 0. The van der Waals surface area contributed by atoms with E-state index in [1.165, 1.54) is 19.3 Å². The molecule has 0 amide bonds. The number of hydrogen-bond donors (Lipinski definition) is 1. The lowest BCUT2D eigenvalue weighted by Gasteiger charge is -2.25. The number of pyridine rings is 1. The van der Waals surface area contributed by atoms with Crippen molar-refractivity contribution in [3.05, 3.63) is 24.2 Å². The van der Waals surface area contributed by atoms with Crippen LogP contribution in [0, 0.1) is 5.92 Å². The molecular weight excluding hydrogens is 252 g/mol. The van der Waals surface area contributed by atoms with E-state index >= 15 is 0 Å². The molecule has 2 heterocycles. The second-order valence-electron chi connectivity index (χ2n) is 5.56. The Balaban J connectivity index is 1.72. The molecule has 0 radical (unpaired) electrons. The van der Waals surface area contributed by atoms with Gasteiger partial charge in [0, 0.05) is 12.1 Å². The van der Waals surface area contributed by atoms with Crippen molar-refractivity contribution >= 4 is 5.82 Å². The van der Waals surface area contributed by atoms with E-state index in [9.17, 15) is 0 Å². The summed E-state index contributed by atoms with van der Waals surface area (Å²) in [5, 5.41) is 4.14. The molecule has 2 aromatic rings. The average Bonchev–Trinajstić information content (AvgIpc) is 2.98. The van der Waals surface area contributed by atoms with Crippen LogP contribution < -0.4 is 5.73 Å². The Hall–Kier alpha value is -1.91. The third-order valence-corrected chi connectivity index (χ3v) is 4.26. The van der Waals surface area contributed by atoms with Gasteiger partial charge in [-0.1, -0.05) is 18.5 Å². The number of anilines is 1. The Labute approximate surface area is 118 Å². The molecule has 3 rings (SSSR count). The lowest BCUT2D eigenvalue weighted by Crippen LogP contribution is -2.13. The van der Waals surface area contributed by atoms with E-state index in [-0.39, 0.29) is 0 Å². The largest absolute Gasteiger partial charge is 0.384 e. The van der Waals surface area contributed by atoms with Gasteiger partial charge in [-0.2, -0.15) is 4.98 Å². The summed E-state index contributed by atoms with van der Waals surface area (Å²) in [5.41, 5.74) is 6.39. The molecular formula is C15H20N4O. The molecule has 2 N–H and O–H groups in total. The van der Waals surface area contributed by atoms with Crippen LogP contribution in [0.4, 0.5) is 5.82 Å². The molecule has 1 aliphatic carbocycles. The molecule has 0 unspecified atom stereocenters. The molecule has 0 spiro atoms. The van der Waals surface area contributed by atoms with Gasteiger partial charge in [0.2, 0.25) is 0 Å². The van der Waals surface area contributed by atoms with Gasteiger partial charge in [-0.15, -0.1) is 0 Å². The fraction of sp³-hybridized carbons (Fsp3) is 0.533. The summed E-state index contributed by atoms with van der Waals surface area (Å²) in [4.78, 5) is 8.57. The van der Waals surface area contributed by atoms with Gasteiger partial charge in [0.1, 0.15) is 5.82 Å². The molecule has 5 nitrogen and oxygen atoms in total. The first-order valence-corrected chi connectivity index (χ1v) is 7.31. The topological polar surface area (TPSA) is 77.8 Å². The van der Waals surface area contributed by atoms with E-state index in [1.54, 1.807) is 12.3 Å². The van der Waals surface area contributed by atoms with Crippen LogP contribution in [-0.2, 0) is 0 Å². The Morgan fingerprint density at radius 3 is 2.70 bits per heavy atom. The Morgan fingerprint density at radius 1 is 1.25 bits per heavy atom. The SMILES string of the molecule is CCC1CCC(c2noc(-c3ccc(N)nc3)n2)CC1. The molecule has 0 aromatic carbocycles. The summed E-state index contributed by atoms with van der Waals surface area (Å²) in [6, 6.07) is 3.60. The van der Waals surface area contributed by atoms with E-state index in [0.717, 1.165) is 30.1 Å². The van der Waals surface area contributed by atoms with E-state index in [2.05, 4.69) is 22.0 Å². The zero-order valence-corrected chi connectivity index (χ0v) is 11.7. The molecule has 1 saturated carbocycles.